The van der Waals surface area contributed by atoms with E-state index in [0.717, 1.165) is 31.3 Å². The van der Waals surface area contributed by atoms with E-state index in [1.54, 1.807) is 0 Å². The molecule has 1 saturated heterocycles. The second-order valence-electron chi connectivity index (χ2n) is 7.73. The molecule has 2 aliphatic carbocycles. The average molecular weight is 263 g/mol. The Morgan fingerprint density at radius 1 is 1.11 bits per heavy atom. The molecule has 1 aliphatic heterocycles. The normalized spacial score (nSPS) is 36.4. The summed E-state index contributed by atoms with van der Waals surface area (Å²) in [5, 5.41) is 0. The fourth-order valence-corrected chi connectivity index (χ4v) is 4.75. The van der Waals surface area contributed by atoms with Crippen LogP contribution in [-0.4, -0.2) is 29.8 Å². The lowest BCUT2D eigenvalue weighted by Crippen LogP contribution is -2.39. The van der Waals surface area contributed by atoms with Gasteiger partial charge in [0.2, 0.25) is 0 Å². The van der Waals surface area contributed by atoms with Gasteiger partial charge in [-0.25, -0.2) is 0 Å². The Kier molecular flexibility index (Phi) is 3.72. The molecule has 2 heteroatoms. The number of hydrogen-bond donors (Lipinski definition) is 0. The molecule has 2 nitrogen and oxygen atoms in total. The van der Waals surface area contributed by atoms with Crippen LogP contribution in [0.15, 0.2) is 0 Å². The van der Waals surface area contributed by atoms with Crippen LogP contribution in [0.1, 0.15) is 65.2 Å². The van der Waals surface area contributed by atoms with Gasteiger partial charge in [0, 0.05) is 23.9 Å². The van der Waals surface area contributed by atoms with Gasteiger partial charge in [0.25, 0.3) is 0 Å². The molecule has 108 valence electrons. The van der Waals surface area contributed by atoms with Crippen LogP contribution in [0.4, 0.5) is 0 Å². The van der Waals surface area contributed by atoms with Gasteiger partial charge >= 0.3 is 0 Å². The molecule has 0 spiro atoms. The highest BCUT2D eigenvalue weighted by molar-refractivity contribution is 5.88. The Bertz CT molecular complexity index is 343. The fourth-order valence-electron chi connectivity index (χ4n) is 4.75. The highest BCUT2D eigenvalue weighted by Crippen LogP contribution is 2.40. The molecule has 0 N–H and O–H groups in total. The summed E-state index contributed by atoms with van der Waals surface area (Å²) < 4.78 is 0. The molecule has 3 rings (SSSR count). The summed E-state index contributed by atoms with van der Waals surface area (Å²) in [4.78, 5) is 15.1. The Labute approximate surface area is 117 Å². The summed E-state index contributed by atoms with van der Waals surface area (Å²) in [6, 6.07) is 0.805. The number of likely N-dealkylation sites (tertiary alicyclic amines) is 1. The molecular formula is C17H29NO. The summed E-state index contributed by atoms with van der Waals surface area (Å²) in [5.41, 5.74) is -0.0484. The minimum absolute atomic E-state index is 0.0484. The van der Waals surface area contributed by atoms with Gasteiger partial charge in [-0.2, -0.15) is 0 Å². The largest absolute Gasteiger partial charge is 0.299 e. The lowest BCUT2D eigenvalue weighted by molar-refractivity contribution is -0.128. The average Bonchev–Trinajstić information content (AvgIpc) is 3.07. The minimum Gasteiger partial charge on any atom is -0.299 e. The first-order valence-electron chi connectivity index (χ1n) is 8.36. The van der Waals surface area contributed by atoms with Crippen LogP contribution in [0, 0.1) is 17.3 Å². The molecule has 0 aromatic carbocycles. The highest BCUT2D eigenvalue weighted by atomic mass is 16.1. The van der Waals surface area contributed by atoms with Crippen LogP contribution >= 0.6 is 0 Å². The summed E-state index contributed by atoms with van der Waals surface area (Å²) in [6.07, 6.45) is 10.7. The van der Waals surface area contributed by atoms with Gasteiger partial charge in [0.05, 0.1) is 0 Å². The van der Waals surface area contributed by atoms with Gasteiger partial charge in [0.15, 0.2) is 0 Å². The SMILES string of the molecule is CC1(C)CCC(CN2CCCC2C2CCCC2)C1=O. The van der Waals surface area contributed by atoms with E-state index in [9.17, 15) is 4.79 Å². The van der Waals surface area contributed by atoms with Crippen molar-refractivity contribution in [3.05, 3.63) is 0 Å². The van der Waals surface area contributed by atoms with Crippen LogP contribution in [-0.2, 0) is 4.79 Å². The van der Waals surface area contributed by atoms with E-state index in [1.165, 1.54) is 45.1 Å². The van der Waals surface area contributed by atoms with E-state index in [4.69, 9.17) is 0 Å². The molecule has 3 aliphatic rings. The predicted octanol–water partition coefficient (Wildman–Crippen LogP) is 3.65. The van der Waals surface area contributed by atoms with E-state index < -0.39 is 0 Å². The zero-order valence-corrected chi connectivity index (χ0v) is 12.7. The van der Waals surface area contributed by atoms with E-state index in [-0.39, 0.29) is 5.41 Å². The Balaban J connectivity index is 1.61. The number of rotatable bonds is 3. The number of carbonyl (C=O) groups excluding carboxylic acids is 1. The molecule has 0 amide bonds. The number of ketones is 1. The molecule has 2 saturated carbocycles. The van der Waals surface area contributed by atoms with Crippen LogP contribution in [0.5, 0.6) is 0 Å². The maximum atomic E-state index is 12.4. The van der Waals surface area contributed by atoms with E-state index in [2.05, 4.69) is 18.7 Å². The molecule has 0 radical (unpaired) electrons. The van der Waals surface area contributed by atoms with Crippen LogP contribution in [0.25, 0.3) is 0 Å². The maximum absolute atomic E-state index is 12.4. The Morgan fingerprint density at radius 2 is 1.84 bits per heavy atom. The second kappa shape index (κ2) is 5.20. The number of carbonyl (C=O) groups is 1. The number of nitrogens with zero attached hydrogens (tertiary/aromatic N) is 1. The van der Waals surface area contributed by atoms with Crippen molar-refractivity contribution in [3.63, 3.8) is 0 Å². The van der Waals surface area contributed by atoms with E-state index >= 15 is 0 Å². The first kappa shape index (κ1) is 13.6. The maximum Gasteiger partial charge on any atom is 0.142 e. The topological polar surface area (TPSA) is 20.3 Å². The van der Waals surface area contributed by atoms with Gasteiger partial charge in [-0.05, 0) is 51.0 Å². The van der Waals surface area contributed by atoms with Gasteiger partial charge in [-0.1, -0.05) is 26.7 Å². The third kappa shape index (κ3) is 2.61. The number of hydrogen-bond acceptors (Lipinski definition) is 2. The van der Waals surface area contributed by atoms with Crippen LogP contribution in [0.2, 0.25) is 0 Å². The molecule has 0 bridgehead atoms. The van der Waals surface area contributed by atoms with Gasteiger partial charge < -0.3 is 0 Å². The quantitative estimate of drug-likeness (QED) is 0.774. The Morgan fingerprint density at radius 3 is 2.47 bits per heavy atom. The van der Waals surface area contributed by atoms with Crippen LogP contribution in [0.3, 0.4) is 0 Å². The zero-order chi connectivity index (χ0) is 13.5. The molecule has 0 aromatic heterocycles. The van der Waals surface area contributed by atoms with Crippen molar-refractivity contribution in [3.8, 4) is 0 Å². The lowest BCUT2D eigenvalue weighted by atomic mass is 9.88. The van der Waals surface area contributed by atoms with Crippen molar-refractivity contribution in [2.75, 3.05) is 13.1 Å². The smallest absolute Gasteiger partial charge is 0.142 e. The van der Waals surface area contributed by atoms with Gasteiger partial charge in [-0.15, -0.1) is 0 Å². The third-order valence-electron chi connectivity index (χ3n) is 5.97. The van der Waals surface area contributed by atoms with Crippen molar-refractivity contribution in [1.29, 1.82) is 0 Å². The second-order valence-corrected chi connectivity index (χ2v) is 7.73. The molecule has 2 atom stereocenters. The van der Waals surface area contributed by atoms with Crippen molar-refractivity contribution in [2.45, 2.75) is 71.3 Å². The summed E-state index contributed by atoms with van der Waals surface area (Å²) in [7, 11) is 0. The minimum atomic E-state index is -0.0484. The van der Waals surface area contributed by atoms with E-state index in [1.807, 2.05) is 0 Å². The standard InChI is InChI=1S/C17H29NO/c1-17(2)10-9-14(16(17)19)12-18-11-5-8-15(18)13-6-3-4-7-13/h13-15H,3-12H2,1-2H3. The molecular weight excluding hydrogens is 234 g/mol. The number of Topliss-reactive ketones (excluding diaryl/α,β-unsaturated/α-hetero) is 1. The van der Waals surface area contributed by atoms with Crippen molar-refractivity contribution in [2.24, 2.45) is 17.3 Å². The monoisotopic (exact) mass is 263 g/mol. The summed E-state index contributed by atoms with van der Waals surface area (Å²) >= 11 is 0. The molecule has 19 heavy (non-hydrogen) atoms. The fraction of sp³-hybridized carbons (Fsp3) is 0.941. The van der Waals surface area contributed by atoms with E-state index in [0.29, 0.717) is 11.7 Å². The summed E-state index contributed by atoms with van der Waals surface area (Å²) in [6.45, 7) is 6.57. The molecule has 1 heterocycles. The molecule has 0 aromatic rings. The first-order chi connectivity index (χ1) is 9.08. The first-order valence-corrected chi connectivity index (χ1v) is 8.36. The summed E-state index contributed by atoms with van der Waals surface area (Å²) in [5.74, 6) is 1.80. The van der Waals surface area contributed by atoms with Crippen molar-refractivity contribution in [1.82, 2.24) is 4.90 Å². The zero-order valence-electron chi connectivity index (χ0n) is 12.7. The lowest BCUT2D eigenvalue weighted by Gasteiger charge is -2.31. The van der Waals surface area contributed by atoms with Gasteiger partial charge in [0.1, 0.15) is 5.78 Å². The Hall–Kier alpha value is -0.370. The van der Waals surface area contributed by atoms with Crippen LogP contribution < -0.4 is 0 Å². The predicted molar refractivity (Wildman–Crippen MR) is 78.1 cm³/mol. The van der Waals surface area contributed by atoms with Gasteiger partial charge in [-0.3, -0.25) is 9.69 Å². The third-order valence-corrected chi connectivity index (χ3v) is 5.97. The van der Waals surface area contributed by atoms with Crippen molar-refractivity contribution >= 4 is 5.78 Å². The highest BCUT2D eigenvalue weighted by Gasteiger charge is 2.43. The molecule has 3 fully saturated rings. The molecule has 2 unspecified atom stereocenters. The van der Waals surface area contributed by atoms with Crippen molar-refractivity contribution < 1.29 is 4.79 Å².